The number of benzene rings is 4. The summed E-state index contributed by atoms with van der Waals surface area (Å²) in [6, 6.07) is 26.2. The lowest BCUT2D eigenvalue weighted by atomic mass is 10.1. The zero-order valence-electron chi connectivity index (χ0n) is 26.4. The maximum Gasteiger partial charge on any atom is 0.252 e. The van der Waals surface area contributed by atoms with Crippen LogP contribution in [0.15, 0.2) is 91.0 Å². The van der Waals surface area contributed by atoms with Crippen LogP contribution in [0.3, 0.4) is 0 Å². The van der Waals surface area contributed by atoms with Gasteiger partial charge in [0, 0.05) is 13.1 Å². The molecule has 7 nitrogen and oxygen atoms in total. The summed E-state index contributed by atoms with van der Waals surface area (Å²) in [5.41, 5.74) is 3.88. The third-order valence-electron chi connectivity index (χ3n) is 7.04. The van der Waals surface area contributed by atoms with Gasteiger partial charge in [-0.25, -0.2) is 0 Å². The van der Waals surface area contributed by atoms with Crippen LogP contribution in [-0.2, 0) is 33.6 Å². The molecule has 0 bridgehead atoms. The fourth-order valence-electron chi connectivity index (χ4n) is 4.35. The van der Waals surface area contributed by atoms with Crippen molar-refractivity contribution in [3.63, 3.8) is 0 Å². The van der Waals surface area contributed by atoms with E-state index < -0.39 is 29.0 Å². The quantitative estimate of drug-likeness (QED) is 0.0850. The Labute approximate surface area is 307 Å². The van der Waals surface area contributed by atoms with Crippen molar-refractivity contribution in [2.75, 3.05) is 20.2 Å². The predicted octanol–water partition coefficient (Wildman–Crippen LogP) is 7.35. The molecule has 254 valence electrons. The van der Waals surface area contributed by atoms with Crippen molar-refractivity contribution in [1.82, 2.24) is 16.0 Å². The Bertz CT molecular complexity index is 1590. The van der Waals surface area contributed by atoms with Crippen LogP contribution in [0.5, 0.6) is 5.75 Å². The van der Waals surface area contributed by atoms with Gasteiger partial charge < -0.3 is 20.7 Å². The highest BCUT2D eigenvalue weighted by atomic mass is 35.5. The Balaban J connectivity index is 0.000000598. The molecule has 3 N–H and O–H groups in total. The number of hydrogen-bond donors (Lipinski definition) is 4. The number of aryl methyl sites for hydroxylation is 1. The molecule has 0 aliphatic carbocycles. The normalized spacial score (nSPS) is 11.2. The van der Waals surface area contributed by atoms with Crippen LogP contribution in [0.4, 0.5) is 0 Å². The molecule has 4 rings (SSSR count). The fourth-order valence-corrected chi connectivity index (χ4v) is 5.27. The van der Waals surface area contributed by atoms with Crippen molar-refractivity contribution in [1.29, 1.82) is 0 Å². The van der Waals surface area contributed by atoms with Crippen LogP contribution in [0, 0.1) is 6.92 Å². The van der Waals surface area contributed by atoms with Gasteiger partial charge in [-0.3, -0.25) is 14.4 Å². The first kappa shape index (κ1) is 39.0. The van der Waals surface area contributed by atoms with Crippen molar-refractivity contribution in [3.8, 4) is 5.75 Å². The number of rotatable bonds is 13. The van der Waals surface area contributed by atoms with Crippen molar-refractivity contribution in [3.05, 3.63) is 133 Å². The van der Waals surface area contributed by atoms with Crippen LogP contribution in [-0.4, -0.2) is 49.2 Å². The zero-order chi connectivity index (χ0) is 35.1. The minimum atomic E-state index is -1.45. The Morgan fingerprint density at radius 3 is 1.62 bits per heavy atom. The summed E-state index contributed by atoms with van der Waals surface area (Å²) in [5, 5.41) is 8.90. The lowest BCUT2D eigenvalue weighted by Crippen LogP contribution is -2.57. The maximum atomic E-state index is 13.0. The van der Waals surface area contributed by atoms with Gasteiger partial charge in [0.15, 0.2) is 6.04 Å². The van der Waals surface area contributed by atoms with Gasteiger partial charge in [0.25, 0.3) is 11.8 Å². The topological polar surface area (TPSA) is 96.5 Å². The second-order valence-electron chi connectivity index (χ2n) is 10.7. The van der Waals surface area contributed by atoms with E-state index in [1.54, 1.807) is 43.5 Å². The molecule has 0 aromatic heterocycles. The van der Waals surface area contributed by atoms with Crippen molar-refractivity contribution in [2.45, 2.75) is 37.5 Å². The highest BCUT2D eigenvalue weighted by molar-refractivity contribution is 7.81. The first-order valence-electron chi connectivity index (χ1n) is 15.0. The minimum absolute atomic E-state index is 0.216. The zero-order valence-corrected chi connectivity index (χ0v) is 30.4. The van der Waals surface area contributed by atoms with E-state index in [-0.39, 0.29) is 13.1 Å². The number of halogens is 4. The molecule has 1 atom stereocenters. The van der Waals surface area contributed by atoms with Crippen LogP contribution in [0.1, 0.15) is 22.3 Å². The average molecular weight is 750 g/mol. The highest BCUT2D eigenvalue weighted by Crippen LogP contribution is 2.23. The molecule has 3 amide bonds. The second-order valence-corrected chi connectivity index (χ2v) is 13.0. The molecule has 1 unspecified atom stereocenters. The molecule has 0 heterocycles. The minimum Gasteiger partial charge on any atom is -0.497 e. The SMILES string of the molecule is COc1ccc(C)cc1.O=C(NC(C(=O)NCCc1ccc(Cl)c(Cl)c1)C(=O)NCCc1ccc(Cl)c(Cl)c1)C(S)Cc1ccccc1. The third-order valence-corrected chi connectivity index (χ3v) is 8.93. The summed E-state index contributed by atoms with van der Waals surface area (Å²) >= 11 is 28.4. The van der Waals surface area contributed by atoms with Gasteiger partial charge >= 0.3 is 0 Å². The van der Waals surface area contributed by atoms with E-state index in [0.717, 1.165) is 22.4 Å². The second kappa shape index (κ2) is 20.2. The first-order chi connectivity index (χ1) is 23.0. The first-order valence-corrected chi connectivity index (χ1v) is 17.1. The summed E-state index contributed by atoms with van der Waals surface area (Å²) in [5.74, 6) is -0.904. The Hall–Kier alpha value is -3.40. The molecule has 0 aliphatic heterocycles. The molecule has 0 radical (unpaired) electrons. The number of ether oxygens (including phenoxy) is 1. The number of hydrogen-bond acceptors (Lipinski definition) is 5. The van der Waals surface area contributed by atoms with E-state index in [0.29, 0.717) is 39.4 Å². The molecule has 4 aromatic rings. The van der Waals surface area contributed by atoms with E-state index in [1.165, 1.54) is 5.56 Å². The third kappa shape index (κ3) is 13.2. The molecule has 4 aromatic carbocycles. The molecule has 0 saturated heterocycles. The number of nitrogens with one attached hydrogen (secondary N) is 3. The van der Waals surface area contributed by atoms with Gasteiger partial charge in [-0.05, 0) is 79.3 Å². The molecule has 0 saturated carbocycles. The Morgan fingerprint density at radius 1 is 0.667 bits per heavy atom. The molecular formula is C36H37Cl4N3O4S. The maximum absolute atomic E-state index is 13.0. The fraction of sp³-hybridized carbons (Fsp3) is 0.250. The predicted molar refractivity (Wildman–Crippen MR) is 199 cm³/mol. The van der Waals surface area contributed by atoms with E-state index in [1.807, 2.05) is 54.6 Å². The molecular weight excluding hydrogens is 712 g/mol. The average Bonchev–Trinajstić information content (AvgIpc) is 3.07. The van der Waals surface area contributed by atoms with Crippen LogP contribution < -0.4 is 20.7 Å². The van der Waals surface area contributed by atoms with Gasteiger partial charge in [-0.15, -0.1) is 0 Å². The Morgan fingerprint density at radius 2 is 1.17 bits per heavy atom. The van der Waals surface area contributed by atoms with Crippen molar-refractivity contribution in [2.24, 2.45) is 0 Å². The molecule has 12 heteroatoms. The number of carbonyl (C=O) groups excluding carboxylic acids is 3. The molecule has 0 fully saturated rings. The summed E-state index contributed by atoms with van der Waals surface area (Å²) in [4.78, 5) is 39.0. The van der Waals surface area contributed by atoms with E-state index in [4.69, 9.17) is 51.1 Å². The number of methoxy groups -OCH3 is 1. The number of carbonyl (C=O) groups is 3. The summed E-state index contributed by atoms with van der Waals surface area (Å²) in [6.07, 6.45) is 1.23. The molecule has 0 aliphatic rings. The van der Waals surface area contributed by atoms with E-state index >= 15 is 0 Å². The van der Waals surface area contributed by atoms with Crippen LogP contribution in [0.2, 0.25) is 20.1 Å². The lowest BCUT2D eigenvalue weighted by molar-refractivity contribution is -0.136. The summed E-state index contributed by atoms with van der Waals surface area (Å²) < 4.78 is 4.97. The van der Waals surface area contributed by atoms with Gasteiger partial charge in [0.05, 0.1) is 32.5 Å². The van der Waals surface area contributed by atoms with Crippen LogP contribution >= 0.6 is 59.0 Å². The van der Waals surface area contributed by atoms with Gasteiger partial charge in [0.2, 0.25) is 5.91 Å². The largest absolute Gasteiger partial charge is 0.497 e. The number of thiol groups is 1. The molecule has 0 spiro atoms. The van der Waals surface area contributed by atoms with Crippen molar-refractivity contribution >= 4 is 76.8 Å². The summed E-state index contributed by atoms with van der Waals surface area (Å²) in [7, 11) is 1.67. The number of amides is 3. The summed E-state index contributed by atoms with van der Waals surface area (Å²) in [6.45, 7) is 2.49. The smallest absolute Gasteiger partial charge is 0.252 e. The van der Waals surface area contributed by atoms with Crippen LogP contribution in [0.25, 0.3) is 0 Å². The van der Waals surface area contributed by atoms with Gasteiger partial charge in [-0.1, -0.05) is 107 Å². The van der Waals surface area contributed by atoms with E-state index in [2.05, 4.69) is 35.5 Å². The van der Waals surface area contributed by atoms with Gasteiger partial charge in [0.1, 0.15) is 5.75 Å². The van der Waals surface area contributed by atoms with E-state index in [9.17, 15) is 14.4 Å². The van der Waals surface area contributed by atoms with Crippen molar-refractivity contribution < 1.29 is 19.1 Å². The van der Waals surface area contributed by atoms with Gasteiger partial charge in [-0.2, -0.15) is 12.6 Å². The monoisotopic (exact) mass is 747 g/mol. The highest BCUT2D eigenvalue weighted by Gasteiger charge is 2.30. The lowest BCUT2D eigenvalue weighted by Gasteiger charge is -2.20. The molecule has 48 heavy (non-hydrogen) atoms. The Kier molecular flexibility index (Phi) is 16.4. The standard InChI is InChI=1S/C28H27Cl4N3O3S.C8H10O/c29-20-8-6-18(14-22(20)31)10-12-33-27(37)25(35-26(36)24(39)16-17-4-2-1-3-5-17)28(38)34-13-11-19-7-9-21(30)23(32)15-19;1-7-3-5-8(9-2)6-4-7/h1-9,14-15,24-25,39H,10-13,16H2,(H,33,37)(H,34,38)(H,35,36);3-6H,1-2H3.